The second kappa shape index (κ2) is 4.85. The van der Waals surface area contributed by atoms with Gasteiger partial charge in [0.15, 0.2) is 0 Å². The van der Waals surface area contributed by atoms with Crippen molar-refractivity contribution in [3.8, 4) is 6.07 Å². The van der Waals surface area contributed by atoms with Gasteiger partial charge in [-0.25, -0.2) is 0 Å². The summed E-state index contributed by atoms with van der Waals surface area (Å²) in [7, 11) is 0. The van der Waals surface area contributed by atoms with Crippen molar-refractivity contribution in [1.29, 1.82) is 5.26 Å². The molecule has 5 heteroatoms. The number of hydrogen-bond acceptors (Lipinski definition) is 4. The van der Waals surface area contributed by atoms with Gasteiger partial charge in [-0.1, -0.05) is 15.9 Å². The average molecular weight is 289 g/mol. The molecular weight excluding hydrogens is 280 g/mol. The monoisotopic (exact) mass is 288 g/mol. The van der Waals surface area contributed by atoms with Crippen LogP contribution in [-0.2, 0) is 0 Å². The summed E-state index contributed by atoms with van der Waals surface area (Å²) in [4.78, 5) is 3.98. The Morgan fingerprint density at radius 2 is 2.12 bits per heavy atom. The quantitative estimate of drug-likeness (QED) is 0.891. The second-order valence-corrected chi connectivity index (χ2v) is 4.35. The van der Waals surface area contributed by atoms with Gasteiger partial charge in [-0.3, -0.25) is 4.98 Å². The van der Waals surface area contributed by atoms with E-state index in [0.717, 1.165) is 10.2 Å². The third kappa shape index (κ3) is 2.74. The highest BCUT2D eigenvalue weighted by atomic mass is 79.9. The van der Waals surface area contributed by atoms with Crippen molar-refractivity contribution in [2.75, 3.05) is 11.1 Å². The molecular formula is C12H9BrN4. The van der Waals surface area contributed by atoms with E-state index in [0.29, 0.717) is 16.9 Å². The number of nitrogens with zero attached hydrogens (tertiary/aromatic N) is 2. The van der Waals surface area contributed by atoms with E-state index in [-0.39, 0.29) is 0 Å². The lowest BCUT2D eigenvalue weighted by atomic mass is 10.2. The molecule has 2 rings (SSSR count). The first-order chi connectivity index (χ1) is 8.19. The minimum atomic E-state index is 0.565. The Morgan fingerprint density at radius 1 is 1.29 bits per heavy atom. The number of hydrogen-bond donors (Lipinski definition) is 2. The van der Waals surface area contributed by atoms with Crippen LogP contribution in [0.5, 0.6) is 0 Å². The van der Waals surface area contributed by atoms with Crippen molar-refractivity contribution in [3.05, 3.63) is 46.7 Å². The van der Waals surface area contributed by atoms with E-state index in [1.807, 2.05) is 12.1 Å². The Bertz CT molecular complexity index is 589. The highest BCUT2D eigenvalue weighted by Gasteiger charge is 2.03. The van der Waals surface area contributed by atoms with Crippen molar-refractivity contribution in [2.45, 2.75) is 0 Å². The maximum atomic E-state index is 9.00. The van der Waals surface area contributed by atoms with Crippen LogP contribution in [-0.4, -0.2) is 4.98 Å². The van der Waals surface area contributed by atoms with Crippen LogP contribution in [0.25, 0.3) is 0 Å². The van der Waals surface area contributed by atoms with Crippen molar-refractivity contribution in [3.63, 3.8) is 0 Å². The first-order valence-corrected chi connectivity index (χ1v) is 5.65. The first-order valence-electron chi connectivity index (χ1n) is 4.86. The molecule has 0 aliphatic carbocycles. The molecule has 4 nitrogen and oxygen atoms in total. The third-order valence-corrected chi connectivity index (χ3v) is 2.63. The number of aromatic nitrogens is 1. The molecule has 0 saturated heterocycles. The van der Waals surface area contributed by atoms with Gasteiger partial charge >= 0.3 is 0 Å². The molecule has 0 fully saturated rings. The fraction of sp³-hybridized carbons (Fsp3) is 0. The summed E-state index contributed by atoms with van der Waals surface area (Å²) in [6.07, 6.45) is 3.22. The molecule has 17 heavy (non-hydrogen) atoms. The summed E-state index contributed by atoms with van der Waals surface area (Å²) in [6, 6.07) is 9.28. The predicted octanol–water partition coefficient (Wildman–Crippen LogP) is 3.04. The fourth-order valence-corrected chi connectivity index (χ4v) is 1.76. The van der Waals surface area contributed by atoms with Crippen LogP contribution in [0.1, 0.15) is 5.56 Å². The summed E-state index contributed by atoms with van der Waals surface area (Å²) >= 11 is 3.36. The summed E-state index contributed by atoms with van der Waals surface area (Å²) in [5.41, 5.74) is 8.24. The van der Waals surface area contributed by atoms with Crippen molar-refractivity contribution in [2.24, 2.45) is 0 Å². The third-order valence-electron chi connectivity index (χ3n) is 2.14. The van der Waals surface area contributed by atoms with Crippen LogP contribution < -0.4 is 11.1 Å². The largest absolute Gasteiger partial charge is 0.397 e. The Hall–Kier alpha value is -2.06. The van der Waals surface area contributed by atoms with Gasteiger partial charge in [-0.05, 0) is 24.3 Å². The lowest BCUT2D eigenvalue weighted by molar-refractivity contribution is 1.32. The van der Waals surface area contributed by atoms with Crippen molar-refractivity contribution >= 4 is 33.0 Å². The molecule has 2 aromatic rings. The number of nitriles is 1. The zero-order chi connectivity index (χ0) is 12.3. The average Bonchev–Trinajstić information content (AvgIpc) is 2.29. The van der Waals surface area contributed by atoms with E-state index in [1.54, 1.807) is 24.5 Å². The standard InChI is InChI=1S/C12H9BrN4/c13-9-2-1-8(5-14)12(3-9)17-11-4-10(15)6-16-7-11/h1-4,6-7,17H,15H2. The van der Waals surface area contributed by atoms with E-state index < -0.39 is 0 Å². The number of nitrogens with two attached hydrogens (primary N) is 1. The molecule has 0 radical (unpaired) electrons. The van der Waals surface area contributed by atoms with Gasteiger partial charge in [-0.15, -0.1) is 0 Å². The molecule has 0 aliphatic heterocycles. The van der Waals surface area contributed by atoms with Crippen LogP contribution in [0.2, 0.25) is 0 Å². The molecule has 0 spiro atoms. The summed E-state index contributed by atoms with van der Waals surface area (Å²) < 4.78 is 0.899. The fourth-order valence-electron chi connectivity index (χ4n) is 1.40. The zero-order valence-electron chi connectivity index (χ0n) is 8.81. The molecule has 84 valence electrons. The van der Waals surface area contributed by atoms with Gasteiger partial charge < -0.3 is 11.1 Å². The maximum absolute atomic E-state index is 9.00. The highest BCUT2D eigenvalue weighted by molar-refractivity contribution is 9.10. The lowest BCUT2D eigenvalue weighted by Gasteiger charge is -2.08. The van der Waals surface area contributed by atoms with Gasteiger partial charge in [0.05, 0.1) is 28.8 Å². The minimum Gasteiger partial charge on any atom is -0.397 e. The number of pyridine rings is 1. The molecule has 3 N–H and O–H groups in total. The van der Waals surface area contributed by atoms with Crippen LogP contribution in [0.15, 0.2) is 41.1 Å². The van der Waals surface area contributed by atoms with E-state index in [2.05, 4.69) is 32.3 Å². The summed E-state index contributed by atoms with van der Waals surface area (Å²) in [5, 5.41) is 12.1. The van der Waals surface area contributed by atoms with Crippen LogP contribution >= 0.6 is 15.9 Å². The van der Waals surface area contributed by atoms with Gasteiger partial charge in [0.2, 0.25) is 0 Å². The number of halogens is 1. The number of nitrogen functional groups attached to an aromatic ring is 1. The number of nitrogens with one attached hydrogen (secondary N) is 1. The van der Waals surface area contributed by atoms with Gasteiger partial charge in [0, 0.05) is 10.7 Å². The van der Waals surface area contributed by atoms with Crippen molar-refractivity contribution < 1.29 is 0 Å². The Labute approximate surface area is 107 Å². The normalized spacial score (nSPS) is 9.65. The smallest absolute Gasteiger partial charge is 0.101 e. The van der Waals surface area contributed by atoms with E-state index in [9.17, 15) is 0 Å². The van der Waals surface area contributed by atoms with E-state index in [1.165, 1.54) is 0 Å². The van der Waals surface area contributed by atoms with Gasteiger partial charge in [0.25, 0.3) is 0 Å². The first kappa shape index (κ1) is 11.4. The van der Waals surface area contributed by atoms with Gasteiger partial charge in [0.1, 0.15) is 6.07 Å². The van der Waals surface area contributed by atoms with Crippen LogP contribution in [0.4, 0.5) is 17.1 Å². The Kier molecular flexibility index (Phi) is 3.26. The van der Waals surface area contributed by atoms with Gasteiger partial charge in [-0.2, -0.15) is 5.26 Å². The molecule has 1 aromatic carbocycles. The Balaban J connectivity index is 2.36. The van der Waals surface area contributed by atoms with Crippen LogP contribution in [0.3, 0.4) is 0 Å². The summed E-state index contributed by atoms with van der Waals surface area (Å²) in [5.74, 6) is 0. The molecule has 0 amide bonds. The lowest BCUT2D eigenvalue weighted by Crippen LogP contribution is -1.96. The van der Waals surface area contributed by atoms with Crippen molar-refractivity contribution in [1.82, 2.24) is 4.98 Å². The SMILES string of the molecule is N#Cc1ccc(Br)cc1Nc1cncc(N)c1. The minimum absolute atomic E-state index is 0.565. The topological polar surface area (TPSA) is 74.7 Å². The predicted molar refractivity (Wildman–Crippen MR) is 70.8 cm³/mol. The Morgan fingerprint density at radius 3 is 2.82 bits per heavy atom. The van der Waals surface area contributed by atoms with E-state index >= 15 is 0 Å². The maximum Gasteiger partial charge on any atom is 0.101 e. The molecule has 1 heterocycles. The highest BCUT2D eigenvalue weighted by Crippen LogP contribution is 2.24. The summed E-state index contributed by atoms with van der Waals surface area (Å²) in [6.45, 7) is 0. The molecule has 0 aliphatic rings. The molecule has 0 atom stereocenters. The molecule has 0 unspecified atom stereocenters. The molecule has 0 bridgehead atoms. The molecule has 0 saturated carbocycles. The molecule has 1 aromatic heterocycles. The zero-order valence-corrected chi connectivity index (χ0v) is 10.4. The number of rotatable bonds is 2. The number of anilines is 3. The second-order valence-electron chi connectivity index (χ2n) is 3.43. The van der Waals surface area contributed by atoms with E-state index in [4.69, 9.17) is 11.0 Å². The van der Waals surface area contributed by atoms with Crippen LogP contribution in [0, 0.1) is 11.3 Å². The number of benzene rings is 1.